The van der Waals surface area contributed by atoms with Crippen molar-refractivity contribution < 1.29 is 13.9 Å². The van der Waals surface area contributed by atoms with Gasteiger partial charge in [-0.25, -0.2) is 9.18 Å². The van der Waals surface area contributed by atoms with Crippen LogP contribution < -0.4 is 5.32 Å². The highest BCUT2D eigenvalue weighted by molar-refractivity contribution is 5.74. The van der Waals surface area contributed by atoms with Gasteiger partial charge >= 0.3 is 6.03 Å². The molecule has 0 unspecified atom stereocenters. The SMILES string of the molecule is CN(CC1CCOCC1)C(=O)N[C@@H]1CCCN(Cc2ccccc2F)C1. The Balaban J connectivity index is 1.46. The van der Waals surface area contributed by atoms with Crippen LogP contribution in [0.5, 0.6) is 0 Å². The van der Waals surface area contributed by atoms with Gasteiger partial charge in [0.2, 0.25) is 0 Å². The van der Waals surface area contributed by atoms with E-state index < -0.39 is 0 Å². The minimum atomic E-state index is -0.158. The third kappa shape index (κ3) is 5.42. The molecule has 1 aromatic rings. The quantitative estimate of drug-likeness (QED) is 0.875. The summed E-state index contributed by atoms with van der Waals surface area (Å²) in [5.74, 6) is 0.373. The molecule has 2 heterocycles. The number of nitrogens with one attached hydrogen (secondary N) is 1. The zero-order valence-electron chi connectivity index (χ0n) is 15.6. The van der Waals surface area contributed by atoms with E-state index in [4.69, 9.17) is 4.74 Å². The number of likely N-dealkylation sites (tertiary alicyclic amines) is 1. The van der Waals surface area contributed by atoms with Gasteiger partial charge in [0, 0.05) is 51.5 Å². The molecule has 144 valence electrons. The second-order valence-corrected chi connectivity index (χ2v) is 7.55. The number of halogens is 1. The van der Waals surface area contributed by atoms with Crippen molar-refractivity contribution in [2.75, 3.05) is 39.9 Å². The molecule has 0 spiro atoms. The Morgan fingerprint density at radius 1 is 1.31 bits per heavy atom. The van der Waals surface area contributed by atoms with E-state index in [1.165, 1.54) is 6.07 Å². The number of hydrogen-bond acceptors (Lipinski definition) is 3. The summed E-state index contributed by atoms with van der Waals surface area (Å²) in [6, 6.07) is 7.04. The molecule has 1 N–H and O–H groups in total. The van der Waals surface area contributed by atoms with Gasteiger partial charge in [-0.15, -0.1) is 0 Å². The van der Waals surface area contributed by atoms with Crippen LogP contribution in [0.15, 0.2) is 24.3 Å². The van der Waals surface area contributed by atoms with Crippen LogP contribution in [-0.4, -0.2) is 61.8 Å². The lowest BCUT2D eigenvalue weighted by Gasteiger charge is -2.34. The largest absolute Gasteiger partial charge is 0.381 e. The van der Waals surface area contributed by atoms with Gasteiger partial charge in [0.05, 0.1) is 0 Å². The molecule has 0 aliphatic carbocycles. The number of piperidine rings is 1. The van der Waals surface area contributed by atoms with Gasteiger partial charge in [-0.2, -0.15) is 0 Å². The maximum Gasteiger partial charge on any atom is 0.317 e. The minimum absolute atomic E-state index is 0.00534. The molecule has 2 aliphatic rings. The lowest BCUT2D eigenvalue weighted by molar-refractivity contribution is 0.0582. The van der Waals surface area contributed by atoms with Crippen molar-refractivity contribution in [1.29, 1.82) is 0 Å². The van der Waals surface area contributed by atoms with Crippen molar-refractivity contribution in [2.45, 2.75) is 38.3 Å². The number of hydrogen-bond donors (Lipinski definition) is 1. The van der Waals surface area contributed by atoms with Gasteiger partial charge in [-0.05, 0) is 44.2 Å². The second kappa shape index (κ2) is 9.33. The van der Waals surface area contributed by atoms with Crippen molar-refractivity contribution in [2.24, 2.45) is 5.92 Å². The first-order chi connectivity index (χ1) is 12.6. The third-order valence-electron chi connectivity index (χ3n) is 5.40. The summed E-state index contributed by atoms with van der Waals surface area (Å²) in [5.41, 5.74) is 0.719. The number of ether oxygens (including phenoxy) is 1. The fraction of sp³-hybridized carbons (Fsp3) is 0.650. The van der Waals surface area contributed by atoms with Crippen molar-refractivity contribution >= 4 is 6.03 Å². The van der Waals surface area contributed by atoms with E-state index >= 15 is 0 Å². The van der Waals surface area contributed by atoms with Gasteiger partial charge in [0.1, 0.15) is 5.82 Å². The Morgan fingerprint density at radius 3 is 2.85 bits per heavy atom. The number of carbonyl (C=O) groups is 1. The van der Waals surface area contributed by atoms with Crippen LogP contribution in [0.2, 0.25) is 0 Å². The average molecular weight is 363 g/mol. The van der Waals surface area contributed by atoms with Gasteiger partial charge in [-0.3, -0.25) is 4.90 Å². The zero-order valence-corrected chi connectivity index (χ0v) is 15.6. The van der Waals surface area contributed by atoms with Gasteiger partial charge in [-0.1, -0.05) is 18.2 Å². The first-order valence-corrected chi connectivity index (χ1v) is 9.67. The van der Waals surface area contributed by atoms with Crippen LogP contribution in [0.25, 0.3) is 0 Å². The van der Waals surface area contributed by atoms with E-state index in [1.54, 1.807) is 11.0 Å². The number of rotatable bonds is 5. The van der Waals surface area contributed by atoms with Crippen LogP contribution in [0.4, 0.5) is 9.18 Å². The lowest BCUT2D eigenvalue weighted by Crippen LogP contribution is -2.51. The van der Waals surface area contributed by atoms with Gasteiger partial charge in [0.25, 0.3) is 0 Å². The van der Waals surface area contributed by atoms with E-state index in [9.17, 15) is 9.18 Å². The molecule has 0 aromatic heterocycles. The molecule has 26 heavy (non-hydrogen) atoms. The molecule has 2 aliphatic heterocycles. The van der Waals surface area contributed by atoms with Crippen LogP contribution in [0, 0.1) is 11.7 Å². The summed E-state index contributed by atoms with van der Waals surface area (Å²) in [4.78, 5) is 16.5. The molecule has 2 fully saturated rings. The molecule has 2 amide bonds. The number of nitrogens with zero attached hydrogens (tertiary/aromatic N) is 2. The number of amides is 2. The summed E-state index contributed by atoms with van der Waals surface area (Å²) < 4.78 is 19.2. The highest BCUT2D eigenvalue weighted by atomic mass is 19.1. The van der Waals surface area contributed by atoms with Gasteiger partial charge < -0.3 is 15.0 Å². The molecular formula is C20H30FN3O2. The fourth-order valence-electron chi connectivity index (χ4n) is 3.87. The van der Waals surface area contributed by atoms with E-state index in [1.807, 2.05) is 19.2 Å². The van der Waals surface area contributed by atoms with Crippen LogP contribution in [-0.2, 0) is 11.3 Å². The van der Waals surface area contributed by atoms with E-state index in [2.05, 4.69) is 10.2 Å². The predicted octanol–water partition coefficient (Wildman–Crippen LogP) is 2.86. The summed E-state index contributed by atoms with van der Waals surface area (Å²) in [7, 11) is 1.87. The predicted molar refractivity (Wildman–Crippen MR) is 99.4 cm³/mol. The molecule has 0 saturated carbocycles. The summed E-state index contributed by atoms with van der Waals surface area (Å²) in [6.45, 7) is 4.68. The van der Waals surface area contributed by atoms with E-state index in [-0.39, 0.29) is 17.9 Å². The molecule has 0 bridgehead atoms. The van der Waals surface area contributed by atoms with Crippen molar-refractivity contribution in [3.8, 4) is 0 Å². The summed E-state index contributed by atoms with van der Waals surface area (Å²) in [6.07, 6.45) is 4.04. The summed E-state index contributed by atoms with van der Waals surface area (Å²) in [5, 5.41) is 3.16. The average Bonchev–Trinajstić information content (AvgIpc) is 2.65. The molecular weight excluding hydrogens is 333 g/mol. The normalized spacial score (nSPS) is 22.2. The first-order valence-electron chi connectivity index (χ1n) is 9.67. The Labute approximate surface area is 155 Å². The Hall–Kier alpha value is -1.66. The Kier molecular flexibility index (Phi) is 6.86. The van der Waals surface area contributed by atoms with Crippen molar-refractivity contribution in [3.05, 3.63) is 35.6 Å². The third-order valence-corrected chi connectivity index (χ3v) is 5.40. The van der Waals surface area contributed by atoms with Crippen molar-refractivity contribution in [3.63, 3.8) is 0 Å². The second-order valence-electron chi connectivity index (χ2n) is 7.55. The lowest BCUT2D eigenvalue weighted by atomic mass is 10.00. The van der Waals surface area contributed by atoms with Crippen LogP contribution in [0.1, 0.15) is 31.2 Å². The number of carbonyl (C=O) groups excluding carboxylic acids is 1. The number of urea groups is 1. The Morgan fingerprint density at radius 2 is 2.08 bits per heavy atom. The maximum atomic E-state index is 13.9. The highest BCUT2D eigenvalue weighted by Gasteiger charge is 2.24. The molecule has 3 rings (SSSR count). The molecule has 2 saturated heterocycles. The highest BCUT2D eigenvalue weighted by Crippen LogP contribution is 2.17. The number of benzene rings is 1. The zero-order chi connectivity index (χ0) is 18.4. The van der Waals surface area contributed by atoms with E-state index in [0.29, 0.717) is 12.5 Å². The molecule has 6 heteroatoms. The smallest absolute Gasteiger partial charge is 0.317 e. The standard InChI is InChI=1S/C20H30FN3O2/c1-23(13-16-8-11-26-12-9-16)20(25)22-18-6-4-10-24(15-18)14-17-5-2-3-7-19(17)21/h2-3,5,7,16,18H,4,6,8-15H2,1H3,(H,22,25)/t18-/m1/s1. The van der Waals surface area contributed by atoms with Crippen LogP contribution in [0.3, 0.4) is 0 Å². The fourth-order valence-corrected chi connectivity index (χ4v) is 3.87. The van der Waals surface area contributed by atoms with Gasteiger partial charge in [0.15, 0.2) is 0 Å². The maximum absolute atomic E-state index is 13.9. The molecule has 1 atom stereocenters. The topological polar surface area (TPSA) is 44.8 Å². The molecule has 5 nitrogen and oxygen atoms in total. The minimum Gasteiger partial charge on any atom is -0.381 e. The van der Waals surface area contributed by atoms with Crippen LogP contribution >= 0.6 is 0 Å². The van der Waals surface area contributed by atoms with Crippen molar-refractivity contribution in [1.82, 2.24) is 15.1 Å². The Bertz CT molecular complexity index is 592. The van der Waals surface area contributed by atoms with E-state index in [0.717, 1.165) is 64.1 Å². The first kappa shape index (κ1) is 19.1. The molecule has 1 aromatic carbocycles. The monoisotopic (exact) mass is 363 g/mol. The summed E-state index contributed by atoms with van der Waals surface area (Å²) >= 11 is 0. The molecule has 0 radical (unpaired) electrons.